The van der Waals surface area contributed by atoms with Crippen LogP contribution in [0.25, 0.3) is 0 Å². The van der Waals surface area contributed by atoms with Gasteiger partial charge in [-0.1, -0.05) is 0 Å². The molecule has 1 heterocycles. The molecule has 1 aromatic carbocycles. The van der Waals surface area contributed by atoms with Gasteiger partial charge in [0, 0.05) is 11.2 Å². The summed E-state index contributed by atoms with van der Waals surface area (Å²) in [4.78, 5) is 12.4. The van der Waals surface area contributed by atoms with E-state index in [0.29, 0.717) is 22.8 Å². The first-order valence-corrected chi connectivity index (χ1v) is 9.93. The summed E-state index contributed by atoms with van der Waals surface area (Å²) in [7, 11) is -2.17. The highest BCUT2D eigenvalue weighted by molar-refractivity contribution is 7.89. The van der Waals surface area contributed by atoms with Crippen LogP contribution in [0.5, 0.6) is 5.75 Å². The number of carbonyl (C=O) groups is 1. The van der Waals surface area contributed by atoms with Crippen molar-refractivity contribution >= 4 is 21.6 Å². The van der Waals surface area contributed by atoms with Crippen LogP contribution in [0.1, 0.15) is 32.2 Å². The normalized spacial score (nSPS) is 12.1. The number of anilines is 1. The summed E-state index contributed by atoms with van der Waals surface area (Å²) in [5.41, 5.74) is 0.756. The lowest BCUT2D eigenvalue weighted by molar-refractivity contribution is -0.116. The summed E-state index contributed by atoms with van der Waals surface area (Å²) < 4.78 is 34.4. The van der Waals surface area contributed by atoms with Gasteiger partial charge >= 0.3 is 0 Å². The van der Waals surface area contributed by atoms with Crippen molar-refractivity contribution < 1.29 is 17.9 Å². The van der Waals surface area contributed by atoms with E-state index in [9.17, 15) is 13.2 Å². The number of aryl methyl sites for hydroxylation is 1. The highest BCUT2D eigenvalue weighted by Crippen LogP contribution is 2.21. The Balaban J connectivity index is 2.19. The fourth-order valence-electron chi connectivity index (χ4n) is 2.69. The minimum Gasteiger partial charge on any atom is -0.497 e. The monoisotopic (exact) mass is 394 g/mol. The summed E-state index contributed by atoms with van der Waals surface area (Å²) in [5.74, 6) is 0.381. The number of rotatable bonds is 6. The molecule has 0 aliphatic carbocycles. The number of hydrogen-bond acceptors (Lipinski definition) is 5. The van der Waals surface area contributed by atoms with E-state index in [0.717, 1.165) is 0 Å². The maximum atomic E-state index is 12.7. The van der Waals surface area contributed by atoms with E-state index in [1.54, 1.807) is 66.0 Å². The van der Waals surface area contributed by atoms with Crippen LogP contribution in [0.15, 0.2) is 29.2 Å². The van der Waals surface area contributed by atoms with Crippen LogP contribution < -0.4 is 14.8 Å². The minimum atomic E-state index is -3.74. The largest absolute Gasteiger partial charge is 0.497 e. The van der Waals surface area contributed by atoms with Gasteiger partial charge in [-0.2, -0.15) is 5.10 Å². The van der Waals surface area contributed by atoms with Crippen LogP contribution in [0, 0.1) is 13.8 Å². The molecule has 27 heavy (non-hydrogen) atoms. The fraction of sp³-hybridized carbons (Fsp3) is 0.444. The third-order valence-electron chi connectivity index (χ3n) is 3.69. The molecule has 2 N–H and O–H groups in total. The number of methoxy groups -OCH3 is 1. The molecule has 2 rings (SSSR count). The molecule has 9 heteroatoms. The second-order valence-corrected chi connectivity index (χ2v) is 8.91. The van der Waals surface area contributed by atoms with Crippen LogP contribution in [0.3, 0.4) is 0 Å². The zero-order chi connectivity index (χ0) is 20.4. The highest BCUT2D eigenvalue weighted by atomic mass is 32.2. The molecule has 0 bridgehead atoms. The molecule has 148 valence electrons. The van der Waals surface area contributed by atoms with E-state index in [-0.39, 0.29) is 17.3 Å². The van der Waals surface area contributed by atoms with E-state index in [1.807, 2.05) is 0 Å². The van der Waals surface area contributed by atoms with Crippen molar-refractivity contribution in [3.05, 3.63) is 35.7 Å². The quantitative estimate of drug-likeness (QED) is 0.782. The lowest BCUT2D eigenvalue weighted by Crippen LogP contribution is -2.40. The van der Waals surface area contributed by atoms with Crippen molar-refractivity contribution in [1.29, 1.82) is 0 Å². The molecule has 0 aliphatic rings. The summed E-state index contributed by atoms with van der Waals surface area (Å²) in [5, 5.41) is 6.99. The minimum absolute atomic E-state index is 0.0935. The third-order valence-corrected chi connectivity index (χ3v) is 5.70. The first-order chi connectivity index (χ1) is 12.4. The lowest BCUT2D eigenvalue weighted by atomic mass is 10.1. The Labute approximate surface area is 160 Å². The van der Waals surface area contributed by atoms with Gasteiger partial charge in [-0.05, 0) is 58.9 Å². The van der Waals surface area contributed by atoms with E-state index in [1.165, 1.54) is 4.68 Å². The maximum absolute atomic E-state index is 12.7. The van der Waals surface area contributed by atoms with Crippen molar-refractivity contribution in [2.75, 3.05) is 12.4 Å². The number of nitrogens with zero attached hydrogens (tertiary/aromatic N) is 2. The van der Waals surface area contributed by atoms with Crippen molar-refractivity contribution in [3.8, 4) is 5.75 Å². The molecule has 0 aliphatic heterocycles. The first-order valence-electron chi connectivity index (χ1n) is 8.45. The molecule has 0 atom stereocenters. The molecule has 0 saturated carbocycles. The fourth-order valence-corrected chi connectivity index (χ4v) is 4.52. The number of amides is 1. The Kier molecular flexibility index (Phi) is 5.96. The topological polar surface area (TPSA) is 102 Å². The molecule has 0 saturated heterocycles. The summed E-state index contributed by atoms with van der Waals surface area (Å²) in [6.07, 6.45) is 0. The van der Waals surface area contributed by atoms with Gasteiger partial charge in [0.2, 0.25) is 15.9 Å². The van der Waals surface area contributed by atoms with Crippen LogP contribution in [-0.2, 0) is 21.4 Å². The first kappa shape index (κ1) is 20.9. The van der Waals surface area contributed by atoms with Crippen LogP contribution >= 0.6 is 0 Å². The van der Waals surface area contributed by atoms with Gasteiger partial charge in [-0.15, -0.1) is 0 Å². The molecule has 1 aromatic heterocycles. The SMILES string of the molecule is COc1ccc(NC(=O)Cn2nc(C)c(S(=O)(=O)NC(C)(C)C)c2C)cc1. The van der Waals surface area contributed by atoms with Gasteiger partial charge in [0.25, 0.3) is 0 Å². The Morgan fingerprint density at radius 2 is 1.78 bits per heavy atom. The molecular weight excluding hydrogens is 368 g/mol. The van der Waals surface area contributed by atoms with Gasteiger partial charge in [-0.3, -0.25) is 9.48 Å². The Morgan fingerprint density at radius 1 is 1.19 bits per heavy atom. The number of hydrogen-bond donors (Lipinski definition) is 2. The number of aromatic nitrogens is 2. The average molecular weight is 394 g/mol. The average Bonchev–Trinajstić information content (AvgIpc) is 2.80. The predicted molar refractivity (Wildman–Crippen MR) is 103 cm³/mol. The van der Waals surface area contributed by atoms with E-state index in [4.69, 9.17) is 4.74 Å². The number of sulfonamides is 1. The molecule has 8 nitrogen and oxygen atoms in total. The van der Waals surface area contributed by atoms with Crippen molar-refractivity contribution in [2.45, 2.75) is 51.6 Å². The Hall–Kier alpha value is -2.39. The zero-order valence-electron chi connectivity index (χ0n) is 16.5. The molecule has 0 unspecified atom stereocenters. The van der Waals surface area contributed by atoms with Gasteiger partial charge in [0.15, 0.2) is 0 Å². The Morgan fingerprint density at radius 3 is 2.30 bits per heavy atom. The summed E-state index contributed by atoms with van der Waals surface area (Å²) >= 11 is 0. The lowest BCUT2D eigenvalue weighted by Gasteiger charge is -2.20. The number of ether oxygens (including phenoxy) is 1. The smallest absolute Gasteiger partial charge is 0.246 e. The van der Waals surface area contributed by atoms with E-state index >= 15 is 0 Å². The summed E-state index contributed by atoms with van der Waals surface area (Å²) in [6.45, 7) is 8.45. The van der Waals surface area contributed by atoms with Crippen molar-refractivity contribution in [1.82, 2.24) is 14.5 Å². The van der Waals surface area contributed by atoms with Crippen LogP contribution in [-0.4, -0.2) is 36.8 Å². The highest BCUT2D eigenvalue weighted by Gasteiger charge is 2.28. The molecule has 2 aromatic rings. The molecule has 0 spiro atoms. The van der Waals surface area contributed by atoms with Gasteiger partial charge < -0.3 is 10.1 Å². The molecular formula is C18H26N4O4S. The van der Waals surface area contributed by atoms with E-state index in [2.05, 4.69) is 15.1 Å². The summed E-state index contributed by atoms with van der Waals surface area (Å²) in [6, 6.07) is 6.92. The zero-order valence-corrected chi connectivity index (χ0v) is 17.3. The second kappa shape index (κ2) is 7.69. The molecule has 0 fully saturated rings. The number of benzene rings is 1. The van der Waals surface area contributed by atoms with Crippen molar-refractivity contribution in [2.24, 2.45) is 0 Å². The molecule has 1 amide bonds. The van der Waals surface area contributed by atoms with Gasteiger partial charge in [-0.25, -0.2) is 13.1 Å². The van der Waals surface area contributed by atoms with Crippen LogP contribution in [0.4, 0.5) is 5.69 Å². The van der Waals surface area contributed by atoms with Gasteiger partial charge in [0.05, 0.1) is 18.5 Å². The van der Waals surface area contributed by atoms with Crippen molar-refractivity contribution in [3.63, 3.8) is 0 Å². The Bertz CT molecular complexity index is 926. The molecule has 0 radical (unpaired) electrons. The second-order valence-electron chi connectivity index (χ2n) is 7.29. The van der Waals surface area contributed by atoms with Crippen LogP contribution in [0.2, 0.25) is 0 Å². The standard InChI is InChI=1S/C18H26N4O4S/c1-12-17(27(24,25)21-18(3,4)5)13(2)22(20-12)11-16(23)19-14-7-9-15(26-6)10-8-14/h7-10,21H,11H2,1-6H3,(H,19,23). The number of nitrogens with one attached hydrogen (secondary N) is 2. The maximum Gasteiger partial charge on any atom is 0.246 e. The predicted octanol–water partition coefficient (Wildman–Crippen LogP) is 2.22. The third kappa shape index (κ3) is 5.30. The van der Waals surface area contributed by atoms with E-state index < -0.39 is 15.6 Å². The number of carbonyl (C=O) groups excluding carboxylic acids is 1. The van der Waals surface area contributed by atoms with Gasteiger partial charge in [0.1, 0.15) is 17.2 Å².